The Morgan fingerprint density at radius 1 is 1.29 bits per heavy atom. The minimum atomic E-state index is -1.10. The Kier molecular flexibility index (Phi) is 4.70. The Hall–Kier alpha value is -2.20. The van der Waals surface area contributed by atoms with Gasteiger partial charge in [0, 0.05) is 18.0 Å². The second kappa shape index (κ2) is 6.50. The number of hydrogen-bond donors (Lipinski definition) is 2. The molecule has 1 aromatic heterocycles. The Morgan fingerprint density at radius 2 is 2.00 bits per heavy atom. The Balaban J connectivity index is 2.07. The molecule has 2 N–H and O–H groups in total. The minimum absolute atomic E-state index is 0.154. The average molecular weight is 284 g/mol. The number of carbonyl (C=O) groups excluding carboxylic acids is 1. The highest BCUT2D eigenvalue weighted by atomic mass is 16.3. The molecule has 110 valence electrons. The van der Waals surface area contributed by atoms with E-state index in [4.69, 9.17) is 0 Å². The number of benzene rings is 1. The van der Waals surface area contributed by atoms with Crippen LogP contribution in [0.1, 0.15) is 35.3 Å². The van der Waals surface area contributed by atoms with Gasteiger partial charge >= 0.3 is 0 Å². The Labute approximate surface area is 124 Å². The van der Waals surface area contributed by atoms with Gasteiger partial charge in [-0.2, -0.15) is 0 Å². The number of aliphatic hydroxyl groups is 1. The molecule has 0 bridgehead atoms. The molecule has 0 saturated carbocycles. The third-order valence-electron chi connectivity index (χ3n) is 3.52. The van der Waals surface area contributed by atoms with Gasteiger partial charge in [0.2, 0.25) is 0 Å². The molecular weight excluding hydrogens is 264 g/mol. The molecule has 0 fully saturated rings. The predicted molar refractivity (Wildman–Crippen MR) is 82.0 cm³/mol. The van der Waals surface area contributed by atoms with Crippen LogP contribution >= 0.6 is 0 Å². The zero-order valence-corrected chi connectivity index (χ0v) is 12.3. The molecule has 1 aromatic carbocycles. The van der Waals surface area contributed by atoms with Crippen LogP contribution in [0.3, 0.4) is 0 Å². The van der Waals surface area contributed by atoms with Crippen LogP contribution in [0.25, 0.3) is 0 Å². The van der Waals surface area contributed by atoms with Crippen LogP contribution in [0.2, 0.25) is 0 Å². The average Bonchev–Trinajstić information content (AvgIpc) is 2.53. The van der Waals surface area contributed by atoms with Gasteiger partial charge in [0.25, 0.3) is 5.91 Å². The summed E-state index contributed by atoms with van der Waals surface area (Å²) in [5, 5.41) is 13.3. The topological polar surface area (TPSA) is 62.2 Å². The lowest BCUT2D eigenvalue weighted by Crippen LogP contribution is -2.38. The molecule has 0 aliphatic rings. The van der Waals surface area contributed by atoms with Crippen molar-refractivity contribution in [3.05, 3.63) is 65.5 Å². The molecule has 0 radical (unpaired) electrons. The van der Waals surface area contributed by atoms with Crippen LogP contribution in [0.15, 0.2) is 48.8 Å². The normalized spacial score (nSPS) is 13.5. The van der Waals surface area contributed by atoms with Crippen LogP contribution in [0.4, 0.5) is 0 Å². The summed E-state index contributed by atoms with van der Waals surface area (Å²) < 4.78 is 0. The van der Waals surface area contributed by atoms with Crippen molar-refractivity contribution in [2.75, 3.05) is 6.54 Å². The number of hydrogen-bond acceptors (Lipinski definition) is 3. The standard InChI is InChI=1S/C17H20N2O2/c1-3-13-11-18-10-9-15(13)16(20)19-12-17(2,21)14-7-5-4-6-8-14/h4-11,21H,3,12H2,1-2H3,(H,19,20). The maximum Gasteiger partial charge on any atom is 0.251 e. The summed E-state index contributed by atoms with van der Waals surface area (Å²) in [7, 11) is 0. The number of rotatable bonds is 5. The van der Waals surface area contributed by atoms with E-state index in [1.165, 1.54) is 0 Å². The van der Waals surface area contributed by atoms with E-state index in [0.717, 1.165) is 17.5 Å². The van der Waals surface area contributed by atoms with Crippen molar-refractivity contribution in [3.8, 4) is 0 Å². The minimum Gasteiger partial charge on any atom is -0.384 e. The van der Waals surface area contributed by atoms with Crippen LogP contribution < -0.4 is 5.32 Å². The first-order chi connectivity index (χ1) is 10.0. The third-order valence-corrected chi connectivity index (χ3v) is 3.52. The van der Waals surface area contributed by atoms with Gasteiger partial charge in [0.1, 0.15) is 5.60 Å². The van der Waals surface area contributed by atoms with Crippen LogP contribution in [-0.4, -0.2) is 22.5 Å². The molecule has 21 heavy (non-hydrogen) atoms. The first-order valence-electron chi connectivity index (χ1n) is 7.03. The summed E-state index contributed by atoms with van der Waals surface area (Å²) in [4.78, 5) is 16.3. The fourth-order valence-electron chi connectivity index (χ4n) is 2.18. The predicted octanol–water partition coefficient (Wildman–Crippen LogP) is 2.28. The van der Waals surface area contributed by atoms with Crippen molar-refractivity contribution in [1.29, 1.82) is 0 Å². The summed E-state index contributed by atoms with van der Waals surface area (Å²) in [5.41, 5.74) is 1.18. The van der Waals surface area contributed by atoms with E-state index in [0.29, 0.717) is 5.56 Å². The first-order valence-corrected chi connectivity index (χ1v) is 7.03. The van der Waals surface area contributed by atoms with Crippen molar-refractivity contribution in [3.63, 3.8) is 0 Å². The van der Waals surface area contributed by atoms with Crippen LogP contribution in [-0.2, 0) is 12.0 Å². The molecule has 4 heteroatoms. The lowest BCUT2D eigenvalue weighted by atomic mass is 9.96. The van der Waals surface area contributed by atoms with E-state index in [1.54, 1.807) is 25.4 Å². The van der Waals surface area contributed by atoms with E-state index in [9.17, 15) is 9.90 Å². The van der Waals surface area contributed by atoms with Gasteiger partial charge in [0.15, 0.2) is 0 Å². The van der Waals surface area contributed by atoms with E-state index in [2.05, 4.69) is 10.3 Å². The number of aryl methyl sites for hydroxylation is 1. The highest BCUT2D eigenvalue weighted by molar-refractivity contribution is 5.95. The summed E-state index contributed by atoms with van der Waals surface area (Å²) in [6.45, 7) is 3.82. The van der Waals surface area contributed by atoms with E-state index in [-0.39, 0.29) is 12.5 Å². The summed E-state index contributed by atoms with van der Waals surface area (Å²) >= 11 is 0. The Morgan fingerprint density at radius 3 is 2.67 bits per heavy atom. The first kappa shape index (κ1) is 15.2. The Bertz CT molecular complexity index is 609. The lowest BCUT2D eigenvalue weighted by molar-refractivity contribution is 0.0526. The molecule has 0 aliphatic carbocycles. The highest BCUT2D eigenvalue weighted by Gasteiger charge is 2.24. The summed E-state index contributed by atoms with van der Waals surface area (Å²) in [6, 6.07) is 11.0. The zero-order chi connectivity index (χ0) is 15.3. The van der Waals surface area contributed by atoms with Gasteiger partial charge in [-0.15, -0.1) is 0 Å². The molecule has 0 spiro atoms. The molecule has 1 amide bonds. The van der Waals surface area contributed by atoms with Crippen molar-refractivity contribution in [2.45, 2.75) is 25.9 Å². The van der Waals surface area contributed by atoms with Gasteiger partial charge in [-0.05, 0) is 30.5 Å². The molecule has 2 rings (SSSR count). The fraction of sp³-hybridized carbons (Fsp3) is 0.294. The SMILES string of the molecule is CCc1cnccc1C(=O)NCC(C)(O)c1ccccc1. The van der Waals surface area contributed by atoms with Gasteiger partial charge in [-0.3, -0.25) is 9.78 Å². The second-order valence-corrected chi connectivity index (χ2v) is 5.21. The number of aromatic nitrogens is 1. The molecule has 1 heterocycles. The number of carbonyl (C=O) groups is 1. The maximum atomic E-state index is 12.3. The largest absolute Gasteiger partial charge is 0.384 e. The number of nitrogens with zero attached hydrogens (tertiary/aromatic N) is 1. The van der Waals surface area contributed by atoms with Crippen LogP contribution in [0, 0.1) is 0 Å². The molecule has 0 saturated heterocycles. The smallest absolute Gasteiger partial charge is 0.251 e. The van der Waals surface area contributed by atoms with Gasteiger partial charge < -0.3 is 10.4 Å². The van der Waals surface area contributed by atoms with E-state index < -0.39 is 5.60 Å². The quantitative estimate of drug-likeness (QED) is 0.885. The van der Waals surface area contributed by atoms with Crippen molar-refractivity contribution < 1.29 is 9.90 Å². The third kappa shape index (κ3) is 3.67. The van der Waals surface area contributed by atoms with Gasteiger partial charge in [0.05, 0.1) is 6.54 Å². The van der Waals surface area contributed by atoms with Gasteiger partial charge in [-0.1, -0.05) is 37.3 Å². The van der Waals surface area contributed by atoms with Crippen molar-refractivity contribution in [2.24, 2.45) is 0 Å². The monoisotopic (exact) mass is 284 g/mol. The maximum absolute atomic E-state index is 12.3. The molecule has 1 atom stereocenters. The zero-order valence-electron chi connectivity index (χ0n) is 12.3. The molecule has 4 nitrogen and oxygen atoms in total. The fourth-order valence-corrected chi connectivity index (χ4v) is 2.18. The molecule has 1 unspecified atom stereocenters. The van der Waals surface area contributed by atoms with Crippen molar-refractivity contribution in [1.82, 2.24) is 10.3 Å². The molecule has 0 aliphatic heterocycles. The number of pyridine rings is 1. The molecular formula is C17H20N2O2. The summed E-state index contributed by atoms with van der Waals surface area (Å²) in [5.74, 6) is -0.189. The highest BCUT2D eigenvalue weighted by Crippen LogP contribution is 2.19. The van der Waals surface area contributed by atoms with E-state index in [1.807, 2.05) is 37.3 Å². The summed E-state index contributed by atoms with van der Waals surface area (Å²) in [6.07, 6.45) is 4.04. The molecule has 2 aromatic rings. The van der Waals surface area contributed by atoms with Gasteiger partial charge in [-0.25, -0.2) is 0 Å². The van der Waals surface area contributed by atoms with E-state index >= 15 is 0 Å². The number of amides is 1. The van der Waals surface area contributed by atoms with Crippen molar-refractivity contribution >= 4 is 5.91 Å². The lowest BCUT2D eigenvalue weighted by Gasteiger charge is -2.24. The number of nitrogens with one attached hydrogen (secondary N) is 1. The second-order valence-electron chi connectivity index (χ2n) is 5.21. The van der Waals surface area contributed by atoms with Crippen LogP contribution in [0.5, 0.6) is 0 Å².